The molecule has 3 nitrogen and oxygen atoms in total. The lowest BCUT2D eigenvalue weighted by Gasteiger charge is -2.11. The predicted molar refractivity (Wildman–Crippen MR) is 137 cm³/mol. The van der Waals surface area contributed by atoms with Gasteiger partial charge in [-0.15, -0.1) is 0 Å². The minimum absolute atomic E-state index is 0.176. The molecule has 0 aliphatic carbocycles. The van der Waals surface area contributed by atoms with Crippen LogP contribution in [0.1, 0.15) is 148 Å². The van der Waals surface area contributed by atoms with Gasteiger partial charge in [0.15, 0.2) is 0 Å². The van der Waals surface area contributed by atoms with E-state index in [1.165, 1.54) is 135 Å². The van der Waals surface area contributed by atoms with Crippen molar-refractivity contribution in [3.8, 4) is 0 Å². The van der Waals surface area contributed by atoms with Gasteiger partial charge in [0, 0.05) is 0 Å². The molecule has 0 heterocycles. The summed E-state index contributed by atoms with van der Waals surface area (Å²) < 4.78 is 0. The van der Waals surface area contributed by atoms with E-state index in [4.69, 9.17) is 10.8 Å². The highest BCUT2D eigenvalue weighted by Crippen LogP contribution is 2.15. The van der Waals surface area contributed by atoms with Gasteiger partial charge >= 0.3 is 0 Å². The molecule has 2 atom stereocenters. The zero-order valence-electron chi connectivity index (χ0n) is 21.0. The molecule has 0 aromatic rings. The first-order chi connectivity index (χ1) is 15.2. The molecule has 0 aliphatic rings. The molecule has 3 heteroatoms. The Hall–Kier alpha value is -0.380. The molecule has 0 fully saturated rings. The fourth-order valence-corrected chi connectivity index (χ4v) is 4.18. The maximum absolute atomic E-state index is 9.62. The van der Waals surface area contributed by atoms with Crippen molar-refractivity contribution in [2.75, 3.05) is 6.61 Å². The van der Waals surface area contributed by atoms with Gasteiger partial charge in [-0.05, 0) is 12.8 Å². The third kappa shape index (κ3) is 24.1. The summed E-state index contributed by atoms with van der Waals surface area (Å²) in [5, 5.41) is 18.5. The molecule has 4 N–H and O–H groups in total. The molecule has 0 spiro atoms. The quantitative estimate of drug-likeness (QED) is 0.100. The van der Waals surface area contributed by atoms with Gasteiger partial charge in [0.25, 0.3) is 0 Å². The lowest BCUT2D eigenvalue weighted by molar-refractivity contribution is 0.144. The van der Waals surface area contributed by atoms with Gasteiger partial charge in [-0.2, -0.15) is 0 Å². The summed E-state index contributed by atoms with van der Waals surface area (Å²) in [6.07, 6.45) is 33.6. The van der Waals surface area contributed by atoms with Crippen molar-refractivity contribution in [1.82, 2.24) is 0 Å². The Morgan fingerprint density at radius 2 is 0.903 bits per heavy atom. The van der Waals surface area contributed by atoms with Crippen LogP contribution in [-0.2, 0) is 0 Å². The second-order valence-corrected chi connectivity index (χ2v) is 9.62. The van der Waals surface area contributed by atoms with Crippen LogP contribution in [0.15, 0.2) is 12.2 Å². The normalized spacial score (nSPS) is 13.8. The molecule has 186 valence electrons. The first kappa shape index (κ1) is 30.6. The van der Waals surface area contributed by atoms with Crippen molar-refractivity contribution >= 4 is 0 Å². The molecule has 0 saturated carbocycles. The maximum atomic E-state index is 9.62. The van der Waals surface area contributed by atoms with E-state index in [9.17, 15) is 5.11 Å². The van der Waals surface area contributed by atoms with E-state index in [0.29, 0.717) is 0 Å². The molecular weight excluding hydrogens is 382 g/mol. The van der Waals surface area contributed by atoms with Crippen LogP contribution in [0.3, 0.4) is 0 Å². The van der Waals surface area contributed by atoms with Gasteiger partial charge in [-0.25, -0.2) is 0 Å². The number of hydrogen-bond donors (Lipinski definition) is 3. The Morgan fingerprint density at radius 1 is 0.581 bits per heavy atom. The average molecular weight is 440 g/mol. The van der Waals surface area contributed by atoms with Crippen LogP contribution >= 0.6 is 0 Å². The van der Waals surface area contributed by atoms with Gasteiger partial charge in [-0.1, -0.05) is 147 Å². The van der Waals surface area contributed by atoms with Gasteiger partial charge in [-0.3, -0.25) is 0 Å². The zero-order chi connectivity index (χ0) is 22.8. The van der Waals surface area contributed by atoms with Crippen molar-refractivity contribution < 1.29 is 10.2 Å². The standard InChI is InChI=1S/C28H57NO2/c1-2-3-4-5-6-7-8-9-10-11-12-13-14-15-16-17-18-19-20-21-22-23-24-25-28(31)27(29)26-30/h24-25,27-28,30-31H,2-23,26,29H2,1H3/b25-24+/t27-,28+/m0/s1. The first-order valence-electron chi connectivity index (χ1n) is 13.9. The lowest BCUT2D eigenvalue weighted by atomic mass is 10.0. The molecule has 0 rings (SSSR count). The molecule has 0 amide bonds. The number of allylic oxidation sites excluding steroid dienone is 1. The molecule has 0 radical (unpaired) electrons. The number of unbranched alkanes of at least 4 members (excludes halogenated alkanes) is 21. The van der Waals surface area contributed by atoms with Gasteiger partial charge < -0.3 is 15.9 Å². The van der Waals surface area contributed by atoms with E-state index in [2.05, 4.69) is 6.92 Å². The Bertz CT molecular complexity index is 359. The van der Waals surface area contributed by atoms with E-state index < -0.39 is 12.1 Å². The minimum atomic E-state index is -0.722. The second kappa shape index (κ2) is 25.9. The van der Waals surface area contributed by atoms with E-state index in [1.807, 2.05) is 6.08 Å². The monoisotopic (exact) mass is 439 g/mol. The SMILES string of the molecule is CCCCCCCCCCCCCCCCCCCCCCC/C=C/[C@@H](O)[C@@H](N)CO. The van der Waals surface area contributed by atoms with Gasteiger partial charge in [0.05, 0.1) is 18.8 Å². The molecule has 0 bridgehead atoms. The summed E-state index contributed by atoms with van der Waals surface area (Å²) in [4.78, 5) is 0. The summed E-state index contributed by atoms with van der Waals surface area (Å²) in [6.45, 7) is 2.12. The summed E-state index contributed by atoms with van der Waals surface area (Å²) in [7, 11) is 0. The summed E-state index contributed by atoms with van der Waals surface area (Å²) in [6, 6.07) is -0.559. The average Bonchev–Trinajstić information content (AvgIpc) is 2.78. The minimum Gasteiger partial charge on any atom is -0.395 e. The van der Waals surface area contributed by atoms with E-state index in [0.717, 1.165) is 6.42 Å². The highest BCUT2D eigenvalue weighted by Gasteiger charge is 2.08. The smallest absolute Gasteiger partial charge is 0.0894 e. The van der Waals surface area contributed by atoms with Crippen LogP contribution in [0.4, 0.5) is 0 Å². The zero-order valence-corrected chi connectivity index (χ0v) is 21.0. The maximum Gasteiger partial charge on any atom is 0.0894 e. The molecule has 31 heavy (non-hydrogen) atoms. The van der Waals surface area contributed by atoms with Crippen molar-refractivity contribution in [1.29, 1.82) is 0 Å². The molecule has 0 unspecified atom stereocenters. The fraction of sp³-hybridized carbons (Fsp3) is 0.929. The number of aliphatic hydroxyl groups excluding tert-OH is 2. The van der Waals surface area contributed by atoms with Gasteiger partial charge in [0.2, 0.25) is 0 Å². The molecule has 0 aromatic heterocycles. The van der Waals surface area contributed by atoms with Crippen molar-refractivity contribution in [2.45, 2.75) is 160 Å². The fourth-order valence-electron chi connectivity index (χ4n) is 4.18. The number of nitrogens with two attached hydrogens (primary N) is 1. The van der Waals surface area contributed by atoms with Crippen LogP contribution in [0.25, 0.3) is 0 Å². The Kier molecular flexibility index (Phi) is 25.6. The number of rotatable bonds is 25. The van der Waals surface area contributed by atoms with Crippen LogP contribution in [-0.4, -0.2) is 29.0 Å². The Labute approximate surface area is 195 Å². The number of aliphatic hydroxyl groups is 2. The van der Waals surface area contributed by atoms with Crippen molar-refractivity contribution in [3.63, 3.8) is 0 Å². The highest BCUT2D eigenvalue weighted by atomic mass is 16.3. The van der Waals surface area contributed by atoms with Crippen LogP contribution in [0, 0.1) is 0 Å². The molecular formula is C28H57NO2. The van der Waals surface area contributed by atoms with Crippen LogP contribution < -0.4 is 5.73 Å². The Morgan fingerprint density at radius 3 is 1.23 bits per heavy atom. The lowest BCUT2D eigenvalue weighted by Crippen LogP contribution is -2.36. The molecule has 0 aliphatic heterocycles. The van der Waals surface area contributed by atoms with E-state index in [1.54, 1.807) is 6.08 Å². The van der Waals surface area contributed by atoms with Crippen LogP contribution in [0.2, 0.25) is 0 Å². The summed E-state index contributed by atoms with van der Waals surface area (Å²) >= 11 is 0. The van der Waals surface area contributed by atoms with Crippen molar-refractivity contribution in [2.24, 2.45) is 5.73 Å². The third-order valence-corrected chi connectivity index (χ3v) is 6.46. The highest BCUT2D eigenvalue weighted by molar-refractivity contribution is 4.93. The molecule has 0 saturated heterocycles. The van der Waals surface area contributed by atoms with Crippen LogP contribution in [0.5, 0.6) is 0 Å². The van der Waals surface area contributed by atoms with E-state index >= 15 is 0 Å². The topological polar surface area (TPSA) is 66.5 Å². The first-order valence-corrected chi connectivity index (χ1v) is 13.9. The molecule has 0 aromatic carbocycles. The Balaban J connectivity index is 3.12. The largest absolute Gasteiger partial charge is 0.395 e. The number of hydrogen-bond acceptors (Lipinski definition) is 3. The summed E-state index contributed by atoms with van der Waals surface area (Å²) in [5.74, 6) is 0. The summed E-state index contributed by atoms with van der Waals surface area (Å²) in [5.41, 5.74) is 5.56. The van der Waals surface area contributed by atoms with Gasteiger partial charge in [0.1, 0.15) is 0 Å². The third-order valence-electron chi connectivity index (χ3n) is 6.46. The van der Waals surface area contributed by atoms with E-state index in [-0.39, 0.29) is 6.61 Å². The predicted octanol–water partition coefficient (Wildman–Crippen LogP) is 7.83. The van der Waals surface area contributed by atoms with Crippen molar-refractivity contribution in [3.05, 3.63) is 12.2 Å². The second-order valence-electron chi connectivity index (χ2n) is 9.62.